The predicted molar refractivity (Wildman–Crippen MR) is 78.5 cm³/mol. The maximum Gasteiger partial charge on any atom is 0.118 e. The minimum Gasteiger partial charge on any atom is -0.508 e. The van der Waals surface area contributed by atoms with Crippen LogP contribution < -0.4 is 5.32 Å². The Bertz CT molecular complexity index is 716. The molecule has 1 heterocycles. The number of nitrogens with one attached hydrogen (secondary N) is 2. The number of H-pyrrole nitrogens is 1. The first-order valence-corrected chi connectivity index (χ1v) is 6.32. The van der Waals surface area contributed by atoms with Crippen molar-refractivity contribution in [2.75, 3.05) is 5.32 Å². The zero-order chi connectivity index (χ0) is 13.2. The highest BCUT2D eigenvalue weighted by atomic mass is 16.3. The van der Waals surface area contributed by atoms with Gasteiger partial charge in [-0.1, -0.05) is 18.2 Å². The highest BCUT2D eigenvalue weighted by molar-refractivity contribution is 5.82. The number of anilines is 1. The van der Waals surface area contributed by atoms with Gasteiger partial charge in [0.25, 0.3) is 0 Å². The number of aromatic nitrogens is 1. The van der Waals surface area contributed by atoms with Gasteiger partial charge in [0.05, 0.1) is 5.52 Å². The quantitative estimate of drug-likeness (QED) is 0.621. The second-order valence-corrected chi connectivity index (χ2v) is 4.71. The smallest absolute Gasteiger partial charge is 0.118 e. The second kappa shape index (κ2) is 4.69. The van der Waals surface area contributed by atoms with E-state index in [0.717, 1.165) is 17.8 Å². The molecule has 3 aromatic rings. The number of hydrogen-bond acceptors (Lipinski definition) is 2. The number of hydrogen-bond donors (Lipinski definition) is 3. The van der Waals surface area contributed by atoms with Crippen molar-refractivity contribution in [3.63, 3.8) is 0 Å². The van der Waals surface area contributed by atoms with Crippen molar-refractivity contribution in [1.82, 2.24) is 4.98 Å². The third-order valence-corrected chi connectivity index (χ3v) is 3.35. The van der Waals surface area contributed by atoms with Crippen molar-refractivity contribution in [2.45, 2.75) is 13.5 Å². The third kappa shape index (κ3) is 2.27. The van der Waals surface area contributed by atoms with Gasteiger partial charge in [0.15, 0.2) is 0 Å². The maximum absolute atomic E-state index is 9.51. The summed E-state index contributed by atoms with van der Waals surface area (Å²) in [6, 6.07) is 13.9. The minimum atomic E-state index is 0.331. The SMILES string of the molecule is Cc1cc(NCc2cccc3cc[nH]c23)ccc1O. The van der Waals surface area contributed by atoms with Gasteiger partial charge in [-0.25, -0.2) is 0 Å². The molecule has 0 saturated carbocycles. The van der Waals surface area contributed by atoms with E-state index in [9.17, 15) is 5.11 Å². The number of fused-ring (bicyclic) bond motifs is 1. The van der Waals surface area contributed by atoms with Crippen LogP contribution in [0.3, 0.4) is 0 Å². The van der Waals surface area contributed by atoms with Crippen molar-refractivity contribution in [2.24, 2.45) is 0 Å². The van der Waals surface area contributed by atoms with E-state index in [1.54, 1.807) is 6.07 Å². The summed E-state index contributed by atoms with van der Waals surface area (Å²) in [5.41, 5.74) is 4.29. The van der Waals surface area contributed by atoms with E-state index in [2.05, 4.69) is 34.6 Å². The third-order valence-electron chi connectivity index (χ3n) is 3.35. The molecule has 0 amide bonds. The summed E-state index contributed by atoms with van der Waals surface area (Å²) in [4.78, 5) is 3.26. The standard InChI is InChI=1S/C16H16N2O/c1-11-9-14(5-6-15(11)19)18-10-13-4-2-3-12-7-8-17-16(12)13/h2-9,17-19H,10H2,1H3. The summed E-state index contributed by atoms with van der Waals surface area (Å²) < 4.78 is 0. The Balaban J connectivity index is 1.82. The summed E-state index contributed by atoms with van der Waals surface area (Å²) in [6.07, 6.45) is 1.96. The maximum atomic E-state index is 9.51. The van der Waals surface area contributed by atoms with Gasteiger partial charge in [-0.3, -0.25) is 0 Å². The Morgan fingerprint density at radius 3 is 2.89 bits per heavy atom. The van der Waals surface area contributed by atoms with Crippen LogP contribution in [0.25, 0.3) is 10.9 Å². The van der Waals surface area contributed by atoms with Gasteiger partial charge in [-0.2, -0.15) is 0 Å². The molecule has 0 aliphatic rings. The molecular weight excluding hydrogens is 236 g/mol. The fourth-order valence-electron chi connectivity index (χ4n) is 2.26. The van der Waals surface area contributed by atoms with Crippen molar-refractivity contribution in [3.05, 3.63) is 59.8 Å². The molecule has 3 heteroatoms. The van der Waals surface area contributed by atoms with Gasteiger partial charge in [0.2, 0.25) is 0 Å². The number of aromatic amines is 1. The van der Waals surface area contributed by atoms with Crippen LogP contribution in [0, 0.1) is 6.92 Å². The number of phenols is 1. The van der Waals surface area contributed by atoms with Crippen LogP contribution in [-0.4, -0.2) is 10.1 Å². The zero-order valence-electron chi connectivity index (χ0n) is 10.8. The van der Waals surface area contributed by atoms with Crippen molar-refractivity contribution >= 4 is 16.6 Å². The summed E-state index contributed by atoms with van der Waals surface area (Å²) in [7, 11) is 0. The number of aryl methyl sites for hydroxylation is 1. The normalized spacial score (nSPS) is 10.8. The molecule has 0 fully saturated rings. The first-order valence-electron chi connectivity index (χ1n) is 6.32. The average molecular weight is 252 g/mol. The van der Waals surface area contributed by atoms with E-state index in [1.807, 2.05) is 25.3 Å². The molecule has 0 aliphatic carbocycles. The van der Waals surface area contributed by atoms with Crippen molar-refractivity contribution in [1.29, 1.82) is 0 Å². The van der Waals surface area contributed by atoms with Crippen LogP contribution in [0.5, 0.6) is 5.75 Å². The van der Waals surface area contributed by atoms with Crippen LogP contribution in [-0.2, 0) is 6.54 Å². The Kier molecular flexibility index (Phi) is 2.88. The summed E-state index contributed by atoms with van der Waals surface area (Å²) >= 11 is 0. The topological polar surface area (TPSA) is 48.0 Å². The fourth-order valence-corrected chi connectivity index (χ4v) is 2.26. The van der Waals surface area contributed by atoms with E-state index in [4.69, 9.17) is 0 Å². The molecular formula is C16H16N2O. The molecule has 2 aromatic carbocycles. The van der Waals surface area contributed by atoms with Gasteiger partial charge >= 0.3 is 0 Å². The lowest BCUT2D eigenvalue weighted by Crippen LogP contribution is -2.00. The van der Waals surface area contributed by atoms with Crippen LogP contribution in [0.1, 0.15) is 11.1 Å². The van der Waals surface area contributed by atoms with Crippen LogP contribution in [0.15, 0.2) is 48.7 Å². The van der Waals surface area contributed by atoms with Gasteiger partial charge in [0, 0.05) is 18.4 Å². The van der Waals surface area contributed by atoms with Crippen LogP contribution in [0.4, 0.5) is 5.69 Å². The molecule has 3 N–H and O–H groups in total. The molecule has 1 aromatic heterocycles. The Hall–Kier alpha value is -2.42. The molecule has 0 aliphatic heterocycles. The van der Waals surface area contributed by atoms with E-state index in [0.29, 0.717) is 5.75 Å². The monoisotopic (exact) mass is 252 g/mol. The van der Waals surface area contributed by atoms with Gasteiger partial charge in [-0.05, 0) is 47.7 Å². The number of rotatable bonds is 3. The van der Waals surface area contributed by atoms with Crippen LogP contribution in [0.2, 0.25) is 0 Å². The van der Waals surface area contributed by atoms with Crippen molar-refractivity contribution < 1.29 is 5.11 Å². The van der Waals surface area contributed by atoms with E-state index >= 15 is 0 Å². The lowest BCUT2D eigenvalue weighted by Gasteiger charge is -2.09. The molecule has 0 atom stereocenters. The lowest BCUT2D eigenvalue weighted by atomic mass is 10.1. The molecule has 0 spiro atoms. The molecule has 0 bridgehead atoms. The molecule has 3 nitrogen and oxygen atoms in total. The number of aromatic hydroxyl groups is 1. The minimum absolute atomic E-state index is 0.331. The Morgan fingerprint density at radius 1 is 1.16 bits per heavy atom. The highest BCUT2D eigenvalue weighted by Gasteiger charge is 2.02. The van der Waals surface area contributed by atoms with E-state index < -0.39 is 0 Å². The first-order chi connectivity index (χ1) is 9.24. The molecule has 0 saturated heterocycles. The Morgan fingerprint density at radius 2 is 2.05 bits per heavy atom. The van der Waals surface area contributed by atoms with Gasteiger partial charge in [-0.15, -0.1) is 0 Å². The summed E-state index contributed by atoms with van der Waals surface area (Å²) in [5, 5.41) is 14.1. The summed E-state index contributed by atoms with van der Waals surface area (Å²) in [6.45, 7) is 2.65. The molecule has 0 unspecified atom stereocenters. The lowest BCUT2D eigenvalue weighted by molar-refractivity contribution is 0.471. The number of benzene rings is 2. The molecule has 0 radical (unpaired) electrons. The fraction of sp³-hybridized carbons (Fsp3) is 0.125. The van der Waals surface area contributed by atoms with Crippen molar-refractivity contribution in [3.8, 4) is 5.75 Å². The van der Waals surface area contributed by atoms with E-state index in [1.165, 1.54) is 16.5 Å². The predicted octanol–water partition coefficient (Wildman–Crippen LogP) is 3.79. The number of phenolic OH excluding ortho intramolecular Hbond substituents is 1. The van der Waals surface area contributed by atoms with Crippen LogP contribution >= 0.6 is 0 Å². The number of para-hydroxylation sites is 1. The second-order valence-electron chi connectivity index (χ2n) is 4.71. The van der Waals surface area contributed by atoms with Gasteiger partial charge < -0.3 is 15.4 Å². The van der Waals surface area contributed by atoms with Gasteiger partial charge in [0.1, 0.15) is 5.75 Å². The highest BCUT2D eigenvalue weighted by Crippen LogP contribution is 2.22. The zero-order valence-corrected chi connectivity index (χ0v) is 10.8. The largest absolute Gasteiger partial charge is 0.508 e. The summed E-state index contributed by atoms with van der Waals surface area (Å²) in [5.74, 6) is 0.331. The molecule has 3 rings (SSSR count). The molecule has 19 heavy (non-hydrogen) atoms. The Labute approximate surface area is 111 Å². The average Bonchev–Trinajstić information content (AvgIpc) is 2.89. The molecule has 96 valence electrons. The first kappa shape index (κ1) is 11.7. The van der Waals surface area contributed by atoms with E-state index in [-0.39, 0.29) is 0 Å².